The number of carbonyl (C=O) groups is 2. The summed E-state index contributed by atoms with van der Waals surface area (Å²) in [5, 5.41) is 2.96. The maximum absolute atomic E-state index is 13.1. The Balaban J connectivity index is 1.34. The Morgan fingerprint density at radius 1 is 0.912 bits per heavy atom. The highest BCUT2D eigenvalue weighted by molar-refractivity contribution is 6.04. The van der Waals surface area contributed by atoms with Gasteiger partial charge in [-0.25, -0.2) is 4.79 Å². The lowest BCUT2D eigenvalue weighted by atomic mass is 9.96. The SMILES string of the molecule is CN(C)c1cccc(NC(=O)c2ccc3c(c2)CN(C(=O)c2ccc4[nH]c(=O)[nH]c4c2)CC3)c1. The second-order valence-corrected chi connectivity index (χ2v) is 8.70. The molecule has 0 unspecified atom stereocenters. The first kappa shape index (κ1) is 21.5. The van der Waals surface area contributed by atoms with E-state index in [9.17, 15) is 14.4 Å². The summed E-state index contributed by atoms with van der Waals surface area (Å²) in [5.41, 5.74) is 5.86. The third-order valence-corrected chi connectivity index (χ3v) is 6.15. The van der Waals surface area contributed by atoms with Crippen LogP contribution >= 0.6 is 0 Å². The predicted molar refractivity (Wildman–Crippen MR) is 133 cm³/mol. The number of aromatic amines is 2. The Hall–Kier alpha value is -4.33. The summed E-state index contributed by atoms with van der Waals surface area (Å²) < 4.78 is 0. The topological polar surface area (TPSA) is 101 Å². The molecule has 0 atom stereocenters. The summed E-state index contributed by atoms with van der Waals surface area (Å²) in [4.78, 5) is 46.7. The van der Waals surface area contributed by atoms with E-state index in [1.165, 1.54) is 0 Å². The van der Waals surface area contributed by atoms with Gasteiger partial charge in [-0.05, 0) is 66.1 Å². The normalized spacial score (nSPS) is 12.9. The van der Waals surface area contributed by atoms with Crippen molar-refractivity contribution in [2.24, 2.45) is 0 Å². The van der Waals surface area contributed by atoms with Gasteiger partial charge < -0.3 is 25.1 Å². The Labute approximate surface area is 196 Å². The number of H-pyrrole nitrogens is 2. The van der Waals surface area contributed by atoms with Crippen molar-refractivity contribution in [2.45, 2.75) is 13.0 Å². The Morgan fingerprint density at radius 3 is 2.53 bits per heavy atom. The lowest BCUT2D eigenvalue weighted by Gasteiger charge is -2.29. The van der Waals surface area contributed by atoms with Gasteiger partial charge in [0.15, 0.2) is 0 Å². The minimum absolute atomic E-state index is 0.107. The van der Waals surface area contributed by atoms with Crippen molar-refractivity contribution in [3.63, 3.8) is 0 Å². The lowest BCUT2D eigenvalue weighted by Crippen LogP contribution is -2.36. The molecule has 5 rings (SSSR count). The van der Waals surface area contributed by atoms with Crippen LogP contribution < -0.4 is 15.9 Å². The first-order valence-electron chi connectivity index (χ1n) is 11.1. The van der Waals surface area contributed by atoms with Gasteiger partial charge in [0.05, 0.1) is 11.0 Å². The van der Waals surface area contributed by atoms with Crippen molar-refractivity contribution in [1.29, 1.82) is 0 Å². The Bertz CT molecular complexity index is 1470. The van der Waals surface area contributed by atoms with Gasteiger partial charge in [-0.1, -0.05) is 12.1 Å². The summed E-state index contributed by atoms with van der Waals surface area (Å²) >= 11 is 0. The van der Waals surface area contributed by atoms with Crippen LogP contribution in [0.15, 0.2) is 65.5 Å². The maximum Gasteiger partial charge on any atom is 0.323 e. The van der Waals surface area contributed by atoms with Crippen molar-refractivity contribution in [1.82, 2.24) is 14.9 Å². The molecule has 0 fully saturated rings. The molecular formula is C26H25N5O3. The highest BCUT2D eigenvalue weighted by atomic mass is 16.2. The smallest absolute Gasteiger partial charge is 0.323 e. The van der Waals surface area contributed by atoms with Crippen molar-refractivity contribution in [3.8, 4) is 0 Å². The molecule has 3 aromatic carbocycles. The van der Waals surface area contributed by atoms with E-state index in [0.29, 0.717) is 35.2 Å². The van der Waals surface area contributed by atoms with Crippen LogP contribution in [0.4, 0.5) is 11.4 Å². The van der Waals surface area contributed by atoms with Gasteiger partial charge in [-0.2, -0.15) is 0 Å². The fourth-order valence-corrected chi connectivity index (χ4v) is 4.28. The second kappa shape index (κ2) is 8.55. The number of amides is 2. The van der Waals surface area contributed by atoms with Crippen LogP contribution in [0.1, 0.15) is 31.8 Å². The number of fused-ring (bicyclic) bond motifs is 2. The van der Waals surface area contributed by atoms with Crippen LogP contribution in [-0.2, 0) is 13.0 Å². The van der Waals surface area contributed by atoms with Crippen LogP contribution in [-0.4, -0.2) is 47.3 Å². The molecule has 8 heteroatoms. The zero-order chi connectivity index (χ0) is 23.8. The molecule has 0 radical (unpaired) electrons. The third kappa shape index (κ3) is 4.17. The minimum Gasteiger partial charge on any atom is -0.378 e. The predicted octanol–water partition coefficient (Wildman–Crippen LogP) is 3.37. The van der Waals surface area contributed by atoms with E-state index < -0.39 is 0 Å². The number of nitrogens with zero attached hydrogens (tertiary/aromatic N) is 2. The van der Waals surface area contributed by atoms with Crippen LogP contribution in [0.5, 0.6) is 0 Å². The van der Waals surface area contributed by atoms with Gasteiger partial charge >= 0.3 is 5.69 Å². The fourth-order valence-electron chi connectivity index (χ4n) is 4.28. The first-order valence-corrected chi connectivity index (χ1v) is 11.1. The molecule has 1 aromatic heterocycles. The van der Waals surface area contributed by atoms with Gasteiger partial charge in [-0.15, -0.1) is 0 Å². The van der Waals surface area contributed by atoms with Crippen molar-refractivity contribution < 1.29 is 9.59 Å². The van der Waals surface area contributed by atoms with Crippen LogP contribution in [0, 0.1) is 0 Å². The van der Waals surface area contributed by atoms with E-state index in [-0.39, 0.29) is 17.5 Å². The standard InChI is InChI=1S/C26H25N5O3/c1-30(2)21-5-3-4-20(14-21)27-24(32)17-7-6-16-10-11-31(15-19(16)12-17)25(33)18-8-9-22-23(13-18)29-26(34)28-22/h3-9,12-14H,10-11,15H2,1-2H3,(H,27,32)(H2,28,29,34). The van der Waals surface area contributed by atoms with Crippen molar-refractivity contribution >= 4 is 34.2 Å². The number of hydrogen-bond acceptors (Lipinski definition) is 4. The molecule has 0 bridgehead atoms. The highest BCUT2D eigenvalue weighted by Crippen LogP contribution is 2.24. The Kier molecular flexibility index (Phi) is 5.41. The van der Waals surface area contributed by atoms with Crippen LogP contribution in [0.3, 0.4) is 0 Å². The van der Waals surface area contributed by atoms with Gasteiger partial charge in [0.2, 0.25) is 0 Å². The second-order valence-electron chi connectivity index (χ2n) is 8.70. The summed E-state index contributed by atoms with van der Waals surface area (Å²) in [6, 6.07) is 18.5. The number of hydrogen-bond donors (Lipinski definition) is 3. The van der Waals surface area contributed by atoms with Crippen molar-refractivity contribution in [2.75, 3.05) is 30.9 Å². The fraction of sp³-hybridized carbons (Fsp3) is 0.192. The lowest BCUT2D eigenvalue weighted by molar-refractivity contribution is 0.0735. The number of imidazole rings is 1. The first-order chi connectivity index (χ1) is 16.4. The van der Waals surface area contributed by atoms with E-state index in [4.69, 9.17) is 0 Å². The summed E-state index contributed by atoms with van der Waals surface area (Å²) in [7, 11) is 3.90. The average Bonchev–Trinajstić information content (AvgIpc) is 3.22. The highest BCUT2D eigenvalue weighted by Gasteiger charge is 2.23. The molecule has 8 nitrogen and oxygen atoms in total. The molecule has 0 saturated carbocycles. The van der Waals surface area contributed by atoms with Crippen LogP contribution in [0.2, 0.25) is 0 Å². The zero-order valence-corrected chi connectivity index (χ0v) is 19.0. The molecule has 2 heterocycles. The largest absolute Gasteiger partial charge is 0.378 e. The van der Waals surface area contributed by atoms with Gasteiger partial charge in [0.25, 0.3) is 11.8 Å². The molecule has 0 saturated heterocycles. The number of aromatic nitrogens is 2. The number of anilines is 2. The van der Waals surface area contributed by atoms with E-state index >= 15 is 0 Å². The monoisotopic (exact) mass is 455 g/mol. The van der Waals surface area contributed by atoms with Gasteiger partial charge in [0.1, 0.15) is 0 Å². The van der Waals surface area contributed by atoms with Gasteiger partial charge in [0, 0.05) is 49.7 Å². The molecule has 0 spiro atoms. The molecule has 0 aliphatic carbocycles. The van der Waals surface area contributed by atoms with Crippen LogP contribution in [0.25, 0.3) is 11.0 Å². The molecule has 2 amide bonds. The summed E-state index contributed by atoms with van der Waals surface area (Å²) in [6.07, 6.45) is 0.719. The molecule has 1 aliphatic heterocycles. The Morgan fingerprint density at radius 2 is 1.71 bits per heavy atom. The van der Waals surface area contributed by atoms with E-state index in [1.807, 2.05) is 61.5 Å². The number of nitrogens with one attached hydrogen (secondary N) is 3. The molecule has 3 N–H and O–H groups in total. The molecule has 172 valence electrons. The third-order valence-electron chi connectivity index (χ3n) is 6.15. The quantitative estimate of drug-likeness (QED) is 0.439. The van der Waals surface area contributed by atoms with Crippen molar-refractivity contribution in [3.05, 3.63) is 93.4 Å². The number of rotatable bonds is 4. The van der Waals surface area contributed by atoms with E-state index in [2.05, 4.69) is 15.3 Å². The number of carbonyl (C=O) groups excluding carboxylic acids is 2. The molecular weight excluding hydrogens is 430 g/mol. The minimum atomic E-state index is -0.300. The van der Waals surface area contributed by atoms with E-state index in [0.717, 1.165) is 28.9 Å². The van der Waals surface area contributed by atoms with E-state index in [1.54, 1.807) is 23.1 Å². The zero-order valence-electron chi connectivity index (χ0n) is 19.0. The summed E-state index contributed by atoms with van der Waals surface area (Å²) in [5.74, 6) is -0.297. The van der Waals surface area contributed by atoms with Gasteiger partial charge in [-0.3, -0.25) is 9.59 Å². The molecule has 34 heavy (non-hydrogen) atoms. The summed E-state index contributed by atoms with van der Waals surface area (Å²) in [6.45, 7) is 1.02. The molecule has 1 aliphatic rings. The number of benzene rings is 3. The average molecular weight is 456 g/mol. The maximum atomic E-state index is 13.1. The molecule has 4 aromatic rings.